The molecule has 0 saturated carbocycles. The zero-order valence-electron chi connectivity index (χ0n) is 11.9. The molecule has 3 rings (SSSR count). The van der Waals surface area contributed by atoms with E-state index in [2.05, 4.69) is 9.88 Å². The topological polar surface area (TPSA) is 109 Å². The van der Waals surface area contributed by atoms with Crippen LogP contribution in [0.1, 0.15) is 28.9 Å². The van der Waals surface area contributed by atoms with Gasteiger partial charge in [-0.3, -0.25) is 4.79 Å². The summed E-state index contributed by atoms with van der Waals surface area (Å²) in [5.74, 6) is 0.221. The van der Waals surface area contributed by atoms with E-state index in [9.17, 15) is 9.90 Å². The normalized spacial score (nSPS) is 23.8. The average Bonchev–Trinajstić information content (AvgIpc) is 3.05. The van der Waals surface area contributed by atoms with E-state index < -0.39 is 0 Å². The molecule has 1 atom stereocenters. The van der Waals surface area contributed by atoms with Crippen LogP contribution in [0, 0.1) is 0 Å². The van der Waals surface area contributed by atoms with E-state index in [0.717, 1.165) is 24.6 Å². The lowest BCUT2D eigenvalue weighted by Crippen LogP contribution is -2.40. The molecule has 2 saturated heterocycles. The number of thiazole rings is 1. The lowest BCUT2D eigenvalue weighted by atomic mass is 10.1. The highest BCUT2D eigenvalue weighted by atomic mass is 32.1. The number of hydrogen-bond acceptors (Lipinski definition) is 7. The first-order chi connectivity index (χ1) is 10.0. The Bertz CT molecular complexity index is 527. The van der Waals surface area contributed by atoms with E-state index in [1.54, 1.807) is 4.90 Å². The highest BCUT2D eigenvalue weighted by Gasteiger charge is 2.28. The van der Waals surface area contributed by atoms with E-state index in [-0.39, 0.29) is 18.1 Å². The number of aliphatic hydroxyl groups excluding tert-OH is 1. The van der Waals surface area contributed by atoms with Crippen LogP contribution in [0.2, 0.25) is 0 Å². The number of aromatic nitrogens is 1. The summed E-state index contributed by atoms with van der Waals surface area (Å²) in [5, 5.41) is 10.3. The van der Waals surface area contributed by atoms with Crippen molar-refractivity contribution in [2.45, 2.75) is 31.4 Å². The molecule has 116 valence electrons. The van der Waals surface area contributed by atoms with E-state index in [1.807, 2.05) is 0 Å². The van der Waals surface area contributed by atoms with Crippen molar-refractivity contribution in [3.05, 3.63) is 4.88 Å². The Labute approximate surface area is 127 Å². The Hall–Kier alpha value is -1.38. The van der Waals surface area contributed by atoms with Gasteiger partial charge in [0.1, 0.15) is 10.7 Å². The van der Waals surface area contributed by atoms with Gasteiger partial charge in [0.05, 0.1) is 6.10 Å². The molecule has 1 unspecified atom stereocenters. The number of nitrogen functional groups attached to an aromatic ring is 1. The first-order valence-electron chi connectivity index (χ1n) is 7.28. The van der Waals surface area contributed by atoms with Crippen LogP contribution < -0.4 is 16.4 Å². The van der Waals surface area contributed by atoms with Crippen molar-refractivity contribution in [3.8, 4) is 0 Å². The molecule has 2 aliphatic heterocycles. The fourth-order valence-corrected chi connectivity index (χ4v) is 3.77. The van der Waals surface area contributed by atoms with Gasteiger partial charge in [0.25, 0.3) is 5.91 Å². The summed E-state index contributed by atoms with van der Waals surface area (Å²) in [7, 11) is 0. The molecule has 1 amide bonds. The van der Waals surface area contributed by atoms with Crippen molar-refractivity contribution in [2.75, 3.05) is 36.8 Å². The predicted octanol–water partition coefficient (Wildman–Crippen LogP) is -0.140. The van der Waals surface area contributed by atoms with Gasteiger partial charge in [-0.2, -0.15) is 0 Å². The number of likely N-dealkylation sites (tertiary alicyclic amines) is 1. The number of aliphatic hydroxyl groups is 1. The van der Waals surface area contributed by atoms with Gasteiger partial charge in [-0.25, -0.2) is 4.98 Å². The molecule has 21 heavy (non-hydrogen) atoms. The number of hydrogen-bond donors (Lipinski definition) is 3. The Morgan fingerprint density at radius 3 is 2.62 bits per heavy atom. The van der Waals surface area contributed by atoms with Gasteiger partial charge < -0.3 is 26.4 Å². The van der Waals surface area contributed by atoms with Gasteiger partial charge in [0.15, 0.2) is 5.13 Å². The Morgan fingerprint density at radius 2 is 2.00 bits per heavy atom. The van der Waals surface area contributed by atoms with Crippen molar-refractivity contribution in [1.82, 2.24) is 9.88 Å². The average molecular weight is 311 g/mol. The maximum absolute atomic E-state index is 12.5. The zero-order chi connectivity index (χ0) is 15.0. The highest BCUT2D eigenvalue weighted by molar-refractivity contribution is 7.18. The molecule has 2 fully saturated rings. The van der Waals surface area contributed by atoms with Crippen molar-refractivity contribution in [3.63, 3.8) is 0 Å². The first kappa shape index (κ1) is 14.6. The van der Waals surface area contributed by atoms with Gasteiger partial charge in [-0.15, -0.1) is 0 Å². The number of rotatable bonds is 2. The van der Waals surface area contributed by atoms with Gasteiger partial charge >= 0.3 is 0 Å². The molecule has 0 aromatic carbocycles. The standard InChI is InChI=1S/C13H21N5O2S/c14-8-1-4-18(7-8)13-16-11(15)10(21-13)12(20)17-5-2-9(19)3-6-17/h8-9,19H,1-7,14-15H2. The molecule has 5 N–H and O–H groups in total. The summed E-state index contributed by atoms with van der Waals surface area (Å²) >= 11 is 1.34. The summed E-state index contributed by atoms with van der Waals surface area (Å²) in [6, 6.07) is 0.165. The third-order valence-electron chi connectivity index (χ3n) is 4.08. The fourth-order valence-electron chi connectivity index (χ4n) is 2.78. The minimum absolute atomic E-state index is 0.0772. The number of anilines is 2. The molecule has 2 aliphatic rings. The molecule has 1 aromatic heterocycles. The van der Waals surface area contributed by atoms with Crippen LogP contribution in [0.4, 0.5) is 10.9 Å². The van der Waals surface area contributed by atoms with E-state index in [1.165, 1.54) is 11.3 Å². The molecular weight excluding hydrogens is 290 g/mol. The summed E-state index contributed by atoms with van der Waals surface area (Å²) in [6.45, 7) is 2.76. The molecule has 0 bridgehead atoms. The molecule has 0 aliphatic carbocycles. The Balaban J connectivity index is 1.73. The summed E-state index contributed by atoms with van der Waals surface area (Å²) in [5.41, 5.74) is 11.8. The predicted molar refractivity (Wildman–Crippen MR) is 82.5 cm³/mol. The summed E-state index contributed by atoms with van der Waals surface area (Å²) in [4.78, 5) is 21.2. The van der Waals surface area contributed by atoms with Crippen molar-refractivity contribution < 1.29 is 9.90 Å². The van der Waals surface area contributed by atoms with Gasteiger partial charge in [0, 0.05) is 32.2 Å². The third kappa shape index (κ3) is 2.97. The van der Waals surface area contributed by atoms with E-state index in [0.29, 0.717) is 36.6 Å². The van der Waals surface area contributed by atoms with E-state index >= 15 is 0 Å². The minimum atomic E-state index is -0.297. The first-order valence-corrected chi connectivity index (χ1v) is 8.10. The molecule has 0 spiro atoms. The number of amides is 1. The van der Waals surface area contributed by atoms with Gasteiger partial charge in [-0.05, 0) is 19.3 Å². The van der Waals surface area contributed by atoms with Crippen LogP contribution in [0.3, 0.4) is 0 Å². The Kier molecular flexibility index (Phi) is 4.01. The third-order valence-corrected chi connectivity index (χ3v) is 5.20. The second-order valence-electron chi connectivity index (χ2n) is 5.73. The number of piperidine rings is 1. The minimum Gasteiger partial charge on any atom is -0.393 e. The van der Waals surface area contributed by atoms with Crippen LogP contribution in [0.15, 0.2) is 0 Å². The van der Waals surface area contributed by atoms with Gasteiger partial charge in [-0.1, -0.05) is 11.3 Å². The molecule has 7 nitrogen and oxygen atoms in total. The molecule has 1 aromatic rings. The maximum atomic E-state index is 12.5. The van der Waals surface area contributed by atoms with Crippen LogP contribution >= 0.6 is 11.3 Å². The SMILES string of the molecule is Nc1nc(N2CCC(N)C2)sc1C(=O)N1CCC(O)CC1. The fraction of sp³-hybridized carbons (Fsp3) is 0.692. The lowest BCUT2D eigenvalue weighted by molar-refractivity contribution is 0.0551. The van der Waals surface area contributed by atoms with Crippen LogP contribution in [0.25, 0.3) is 0 Å². The van der Waals surface area contributed by atoms with Crippen molar-refractivity contribution >= 4 is 28.2 Å². The van der Waals surface area contributed by atoms with Crippen molar-refractivity contribution in [2.24, 2.45) is 5.73 Å². The van der Waals surface area contributed by atoms with Crippen molar-refractivity contribution in [1.29, 1.82) is 0 Å². The zero-order valence-corrected chi connectivity index (χ0v) is 12.7. The Morgan fingerprint density at radius 1 is 1.29 bits per heavy atom. The van der Waals surface area contributed by atoms with Crippen LogP contribution in [-0.4, -0.2) is 59.2 Å². The largest absolute Gasteiger partial charge is 0.393 e. The van der Waals surface area contributed by atoms with Crippen LogP contribution in [-0.2, 0) is 0 Å². The number of carbonyl (C=O) groups is 1. The monoisotopic (exact) mass is 311 g/mol. The number of carbonyl (C=O) groups excluding carboxylic acids is 1. The maximum Gasteiger partial charge on any atom is 0.267 e. The van der Waals surface area contributed by atoms with Crippen LogP contribution in [0.5, 0.6) is 0 Å². The second kappa shape index (κ2) is 5.78. The second-order valence-corrected chi connectivity index (χ2v) is 6.71. The van der Waals surface area contributed by atoms with E-state index in [4.69, 9.17) is 11.5 Å². The number of nitrogens with two attached hydrogens (primary N) is 2. The smallest absolute Gasteiger partial charge is 0.267 e. The molecule has 0 radical (unpaired) electrons. The number of nitrogens with zero attached hydrogens (tertiary/aromatic N) is 3. The quantitative estimate of drug-likeness (QED) is 0.701. The molecular formula is C13H21N5O2S. The van der Waals surface area contributed by atoms with Gasteiger partial charge in [0.2, 0.25) is 0 Å². The summed E-state index contributed by atoms with van der Waals surface area (Å²) in [6.07, 6.45) is 1.89. The highest BCUT2D eigenvalue weighted by Crippen LogP contribution is 2.31. The molecule has 8 heteroatoms. The summed E-state index contributed by atoms with van der Waals surface area (Å²) < 4.78 is 0. The molecule has 3 heterocycles. The lowest BCUT2D eigenvalue weighted by Gasteiger charge is -2.29.